The van der Waals surface area contributed by atoms with E-state index < -0.39 is 30.1 Å². The maximum absolute atomic E-state index is 14.1. The van der Waals surface area contributed by atoms with Crippen molar-refractivity contribution in [3.63, 3.8) is 0 Å². The van der Waals surface area contributed by atoms with Gasteiger partial charge in [0.25, 0.3) is 5.91 Å². The number of amides is 1. The van der Waals surface area contributed by atoms with E-state index in [-0.39, 0.29) is 36.2 Å². The Morgan fingerprint density at radius 2 is 1.62 bits per heavy atom. The van der Waals surface area contributed by atoms with Crippen LogP contribution in [0.5, 0.6) is 5.75 Å². The van der Waals surface area contributed by atoms with Gasteiger partial charge in [-0.25, -0.2) is 14.8 Å². The number of carbonyl (C=O) groups is 3. The minimum atomic E-state index is -1.37. The zero-order valence-electron chi connectivity index (χ0n) is 27.1. The van der Waals surface area contributed by atoms with E-state index in [1.54, 1.807) is 60.4 Å². The number of hydrogen-bond acceptors (Lipinski definition) is 13. The number of nitrogens with zero attached hydrogens (tertiary/aromatic N) is 5. The van der Waals surface area contributed by atoms with Gasteiger partial charge in [0.1, 0.15) is 31.1 Å². The van der Waals surface area contributed by atoms with Gasteiger partial charge >= 0.3 is 5.97 Å². The number of anilines is 2. The van der Waals surface area contributed by atoms with Crippen molar-refractivity contribution in [3.8, 4) is 11.8 Å². The van der Waals surface area contributed by atoms with Crippen molar-refractivity contribution in [3.05, 3.63) is 77.6 Å². The Morgan fingerprint density at radius 3 is 2.25 bits per heavy atom. The number of nitriles is 1. The molecule has 1 saturated heterocycles. The summed E-state index contributed by atoms with van der Waals surface area (Å²) in [6, 6.07) is 18.5. The molecular weight excluding hydrogens is 620 g/mol. The van der Waals surface area contributed by atoms with E-state index in [2.05, 4.69) is 21.4 Å². The summed E-state index contributed by atoms with van der Waals surface area (Å²) in [7, 11) is 3.10. The molecule has 1 fully saturated rings. The van der Waals surface area contributed by atoms with Gasteiger partial charge in [0.15, 0.2) is 28.8 Å². The van der Waals surface area contributed by atoms with Crippen LogP contribution in [0.15, 0.2) is 60.7 Å². The van der Waals surface area contributed by atoms with E-state index in [0.29, 0.717) is 58.4 Å². The molecule has 0 aliphatic carbocycles. The number of para-hydroxylation sites is 1. The second-order valence-corrected chi connectivity index (χ2v) is 10.7. The van der Waals surface area contributed by atoms with Crippen LogP contribution >= 0.6 is 0 Å². The molecule has 14 nitrogen and oxygen atoms in total. The third kappa shape index (κ3) is 10.5. The van der Waals surface area contributed by atoms with E-state index in [9.17, 15) is 19.6 Å². The SMILES string of the molecule is COCCN(CCOC)c1nc(C(=O)N[C@H](CC(=O)COc2ccccc2)C(=O)OCc2ccccc2)c(N2CCOCC2)nc1C#N. The number of morpholine rings is 1. The zero-order valence-corrected chi connectivity index (χ0v) is 27.1. The summed E-state index contributed by atoms with van der Waals surface area (Å²) in [5.41, 5.74) is 0.617. The molecule has 0 saturated carbocycles. The molecule has 1 aliphatic rings. The minimum absolute atomic E-state index is 0.00677. The van der Waals surface area contributed by atoms with Crippen molar-refractivity contribution in [1.29, 1.82) is 5.26 Å². The molecule has 14 heteroatoms. The van der Waals surface area contributed by atoms with Crippen molar-refractivity contribution in [2.24, 2.45) is 0 Å². The van der Waals surface area contributed by atoms with Gasteiger partial charge in [-0.15, -0.1) is 0 Å². The summed E-state index contributed by atoms with van der Waals surface area (Å²) in [5.74, 6) is -1.22. The highest BCUT2D eigenvalue weighted by Crippen LogP contribution is 2.25. The Labute approximate surface area is 279 Å². The topological polar surface area (TPSA) is 165 Å². The Hall–Kier alpha value is -5.10. The van der Waals surface area contributed by atoms with Crippen LogP contribution < -0.4 is 19.9 Å². The number of hydrogen-bond donors (Lipinski definition) is 1. The van der Waals surface area contributed by atoms with E-state index in [4.69, 9.17) is 23.7 Å². The Balaban J connectivity index is 1.65. The first kappa shape index (κ1) is 35.7. The highest BCUT2D eigenvalue weighted by molar-refractivity contribution is 6.00. The van der Waals surface area contributed by atoms with Crippen LogP contribution in [0.3, 0.4) is 0 Å². The monoisotopic (exact) mass is 660 g/mol. The number of Topliss-reactive ketones (excluding diaryl/α,β-unsaturated/α-hetero) is 1. The fourth-order valence-electron chi connectivity index (χ4n) is 4.80. The summed E-state index contributed by atoms with van der Waals surface area (Å²) < 4.78 is 27.1. The molecule has 1 N–H and O–H groups in total. The number of nitrogens with one attached hydrogen (secondary N) is 1. The standard InChI is InChI=1S/C34H40N6O8/c1-44-17-13-39(14-18-45-2)31-29(22-35)36-32(40-15-19-46-20-16-40)30(38-31)33(42)37-28(34(43)48-23-25-9-5-3-6-10-25)21-26(41)24-47-27-11-7-4-8-12-27/h3-12,28H,13-21,23-24H2,1-2H3,(H,37,42)/t28-/m1/s1. The van der Waals surface area contributed by atoms with Gasteiger partial charge in [-0.05, 0) is 17.7 Å². The quantitative estimate of drug-likeness (QED) is 0.198. The fraction of sp³-hybridized carbons (Fsp3) is 0.412. The maximum atomic E-state index is 14.1. The molecule has 3 aromatic rings. The number of benzene rings is 2. The molecular formula is C34H40N6O8. The predicted octanol–water partition coefficient (Wildman–Crippen LogP) is 2.16. The van der Waals surface area contributed by atoms with Gasteiger partial charge in [-0.1, -0.05) is 48.5 Å². The molecule has 4 rings (SSSR count). The summed E-state index contributed by atoms with van der Waals surface area (Å²) >= 11 is 0. The molecule has 1 amide bonds. The van der Waals surface area contributed by atoms with Crippen LogP contribution in [0, 0.1) is 11.3 Å². The largest absolute Gasteiger partial charge is 0.486 e. The number of carbonyl (C=O) groups excluding carboxylic acids is 3. The number of aromatic nitrogens is 2. The Kier molecular flexibility index (Phi) is 14.1. The van der Waals surface area contributed by atoms with Crippen LogP contribution in [0.4, 0.5) is 11.6 Å². The van der Waals surface area contributed by atoms with Crippen LogP contribution in [0.25, 0.3) is 0 Å². The lowest BCUT2D eigenvalue weighted by atomic mass is 10.1. The lowest BCUT2D eigenvalue weighted by Gasteiger charge is -2.30. The van der Waals surface area contributed by atoms with E-state index in [1.165, 1.54) is 0 Å². The Morgan fingerprint density at radius 1 is 0.979 bits per heavy atom. The molecule has 254 valence electrons. The van der Waals surface area contributed by atoms with Crippen molar-refractivity contribution in [2.45, 2.75) is 19.1 Å². The highest BCUT2D eigenvalue weighted by Gasteiger charge is 2.31. The average molecular weight is 661 g/mol. The first-order valence-corrected chi connectivity index (χ1v) is 15.5. The van der Waals surface area contributed by atoms with E-state index in [0.717, 1.165) is 5.56 Å². The third-order valence-electron chi connectivity index (χ3n) is 7.31. The second-order valence-electron chi connectivity index (χ2n) is 10.7. The molecule has 0 radical (unpaired) electrons. The summed E-state index contributed by atoms with van der Waals surface area (Å²) in [4.78, 5) is 53.4. The van der Waals surface area contributed by atoms with Gasteiger partial charge in [0, 0.05) is 46.8 Å². The molecule has 1 aliphatic heterocycles. The van der Waals surface area contributed by atoms with Crippen molar-refractivity contribution in [1.82, 2.24) is 15.3 Å². The van der Waals surface area contributed by atoms with E-state index >= 15 is 0 Å². The van der Waals surface area contributed by atoms with Crippen molar-refractivity contribution < 1.29 is 38.1 Å². The maximum Gasteiger partial charge on any atom is 0.329 e. The lowest BCUT2D eigenvalue weighted by molar-refractivity contribution is -0.148. The summed E-state index contributed by atoms with van der Waals surface area (Å²) in [6.07, 6.45) is -0.399. The normalized spacial score (nSPS) is 13.2. The number of esters is 1. The van der Waals surface area contributed by atoms with Crippen LogP contribution in [0.1, 0.15) is 28.2 Å². The molecule has 2 heterocycles. The van der Waals surface area contributed by atoms with Gasteiger partial charge in [-0.2, -0.15) is 5.26 Å². The minimum Gasteiger partial charge on any atom is -0.486 e. The van der Waals surface area contributed by atoms with Crippen molar-refractivity contribution in [2.75, 3.05) is 83.2 Å². The molecule has 0 bridgehead atoms. The third-order valence-corrected chi connectivity index (χ3v) is 7.31. The van der Waals surface area contributed by atoms with Crippen LogP contribution in [0.2, 0.25) is 0 Å². The first-order valence-electron chi connectivity index (χ1n) is 15.5. The van der Waals surface area contributed by atoms with Crippen LogP contribution in [-0.2, 0) is 35.1 Å². The smallest absolute Gasteiger partial charge is 0.329 e. The number of methoxy groups -OCH3 is 2. The average Bonchev–Trinajstić information content (AvgIpc) is 3.13. The zero-order chi connectivity index (χ0) is 34.1. The predicted molar refractivity (Wildman–Crippen MR) is 175 cm³/mol. The Bertz CT molecular complexity index is 1520. The van der Waals surface area contributed by atoms with Gasteiger partial charge in [0.05, 0.1) is 26.4 Å². The number of rotatable bonds is 18. The van der Waals surface area contributed by atoms with Crippen molar-refractivity contribution >= 4 is 29.3 Å². The van der Waals surface area contributed by atoms with Gasteiger partial charge in [0.2, 0.25) is 0 Å². The van der Waals surface area contributed by atoms with Gasteiger partial charge in [-0.3, -0.25) is 9.59 Å². The van der Waals surface area contributed by atoms with Crippen LogP contribution in [-0.4, -0.2) is 107 Å². The summed E-state index contributed by atoms with van der Waals surface area (Å²) in [6.45, 7) is 2.47. The molecule has 0 unspecified atom stereocenters. The van der Waals surface area contributed by atoms with E-state index in [1.807, 2.05) is 24.3 Å². The first-order chi connectivity index (χ1) is 23.4. The second kappa shape index (κ2) is 18.9. The molecule has 1 atom stereocenters. The number of ether oxygens (including phenoxy) is 5. The lowest BCUT2D eigenvalue weighted by Crippen LogP contribution is -2.45. The highest BCUT2D eigenvalue weighted by atomic mass is 16.5. The number of ketones is 1. The molecule has 0 spiro atoms. The molecule has 1 aromatic heterocycles. The fourth-order valence-corrected chi connectivity index (χ4v) is 4.80. The van der Waals surface area contributed by atoms with Gasteiger partial charge < -0.3 is 38.8 Å². The molecule has 2 aromatic carbocycles. The summed E-state index contributed by atoms with van der Waals surface area (Å²) in [5, 5.41) is 12.7. The molecule has 48 heavy (non-hydrogen) atoms.